The van der Waals surface area contributed by atoms with Gasteiger partial charge in [0.2, 0.25) is 11.8 Å². The molecule has 27 heavy (non-hydrogen) atoms. The van der Waals surface area contributed by atoms with E-state index in [1.807, 2.05) is 40.1 Å². The summed E-state index contributed by atoms with van der Waals surface area (Å²) in [6, 6.07) is 8.23. The third kappa shape index (κ3) is 5.66. The number of piperidine rings is 1. The molecule has 146 valence electrons. The zero-order valence-corrected chi connectivity index (χ0v) is 17.5. The van der Waals surface area contributed by atoms with Crippen LogP contribution in [0.25, 0.3) is 6.08 Å². The summed E-state index contributed by atoms with van der Waals surface area (Å²) in [6.45, 7) is 6.36. The predicted molar refractivity (Wildman–Crippen MR) is 111 cm³/mol. The predicted octanol–water partition coefficient (Wildman–Crippen LogP) is 3.01. The molecule has 5 nitrogen and oxygen atoms in total. The van der Waals surface area contributed by atoms with E-state index in [0.717, 1.165) is 42.5 Å². The van der Waals surface area contributed by atoms with Crippen LogP contribution in [0.4, 0.5) is 0 Å². The molecule has 2 heterocycles. The first-order chi connectivity index (χ1) is 13.0. The van der Waals surface area contributed by atoms with E-state index in [4.69, 9.17) is 0 Å². The molecule has 0 spiro atoms. The maximum Gasteiger partial charge on any atom is 0.246 e. The van der Waals surface area contributed by atoms with Crippen molar-refractivity contribution in [3.05, 3.63) is 40.4 Å². The number of likely N-dealkylation sites (tertiary alicyclic amines) is 1. The van der Waals surface area contributed by atoms with Crippen LogP contribution in [0.1, 0.15) is 31.7 Å². The molecule has 0 radical (unpaired) electrons. The first-order valence-electron chi connectivity index (χ1n) is 9.77. The number of nitrogens with zero attached hydrogens (tertiary/aromatic N) is 3. The highest BCUT2D eigenvalue weighted by molar-refractivity contribution is 9.10. The molecular weight excluding hydrogens is 406 g/mol. The Balaban J connectivity index is 1.45. The van der Waals surface area contributed by atoms with Crippen LogP contribution >= 0.6 is 15.9 Å². The highest BCUT2D eigenvalue weighted by Crippen LogP contribution is 2.17. The number of benzene rings is 1. The number of hydrogen-bond acceptors (Lipinski definition) is 3. The van der Waals surface area contributed by atoms with Gasteiger partial charge in [-0.25, -0.2) is 0 Å². The fourth-order valence-corrected chi connectivity index (χ4v) is 4.18. The van der Waals surface area contributed by atoms with Crippen molar-refractivity contribution in [2.75, 3.05) is 39.3 Å². The molecule has 0 bridgehead atoms. The van der Waals surface area contributed by atoms with E-state index in [1.165, 1.54) is 6.42 Å². The minimum atomic E-state index is 0.0330. The van der Waals surface area contributed by atoms with Crippen molar-refractivity contribution in [3.8, 4) is 0 Å². The first-order valence-corrected chi connectivity index (χ1v) is 10.6. The number of hydrogen-bond donors (Lipinski definition) is 0. The van der Waals surface area contributed by atoms with Gasteiger partial charge in [-0.15, -0.1) is 0 Å². The molecule has 3 rings (SSSR count). The second kappa shape index (κ2) is 9.51. The Kier molecular flexibility index (Phi) is 7.07. The lowest BCUT2D eigenvalue weighted by Crippen LogP contribution is -2.52. The van der Waals surface area contributed by atoms with Crippen molar-refractivity contribution in [3.63, 3.8) is 0 Å². The van der Waals surface area contributed by atoms with Crippen LogP contribution in [0.15, 0.2) is 34.8 Å². The summed E-state index contributed by atoms with van der Waals surface area (Å²) in [6.07, 6.45) is 6.93. The van der Waals surface area contributed by atoms with Crippen molar-refractivity contribution in [1.82, 2.24) is 14.7 Å². The third-order valence-electron chi connectivity index (χ3n) is 5.43. The summed E-state index contributed by atoms with van der Waals surface area (Å²) in [5, 5.41) is 0. The van der Waals surface area contributed by atoms with Crippen molar-refractivity contribution < 1.29 is 9.59 Å². The van der Waals surface area contributed by atoms with Gasteiger partial charge in [0.15, 0.2) is 0 Å². The Hall–Kier alpha value is -1.66. The van der Waals surface area contributed by atoms with Gasteiger partial charge in [-0.05, 0) is 50.0 Å². The Morgan fingerprint density at radius 3 is 2.63 bits per heavy atom. The fraction of sp³-hybridized carbons (Fsp3) is 0.524. The second-order valence-corrected chi connectivity index (χ2v) is 8.34. The highest BCUT2D eigenvalue weighted by Gasteiger charge is 2.26. The number of piperazine rings is 1. The molecule has 1 aromatic carbocycles. The molecular formula is C21H28BrN3O2. The number of amides is 2. The molecule has 2 fully saturated rings. The van der Waals surface area contributed by atoms with Crippen LogP contribution in [-0.2, 0) is 9.59 Å². The quantitative estimate of drug-likeness (QED) is 0.685. The minimum Gasteiger partial charge on any atom is -0.339 e. The number of carbonyl (C=O) groups excluding carboxylic acids is 2. The van der Waals surface area contributed by atoms with Gasteiger partial charge in [-0.1, -0.05) is 28.1 Å². The average molecular weight is 434 g/mol. The van der Waals surface area contributed by atoms with E-state index in [-0.39, 0.29) is 11.8 Å². The van der Waals surface area contributed by atoms with E-state index in [9.17, 15) is 9.59 Å². The topological polar surface area (TPSA) is 43.9 Å². The lowest BCUT2D eigenvalue weighted by Gasteiger charge is -2.37. The summed E-state index contributed by atoms with van der Waals surface area (Å²) >= 11 is 3.44. The first kappa shape index (κ1) is 20.1. The molecule has 2 aliphatic rings. The molecule has 2 amide bonds. The molecule has 2 aliphatic heterocycles. The summed E-state index contributed by atoms with van der Waals surface area (Å²) in [4.78, 5) is 31.0. The Morgan fingerprint density at radius 2 is 1.93 bits per heavy atom. The second-order valence-electron chi connectivity index (χ2n) is 7.42. The molecule has 1 atom stereocenters. The normalized spacial score (nSPS) is 21.6. The van der Waals surface area contributed by atoms with Gasteiger partial charge in [0, 0.05) is 49.3 Å². The molecule has 0 N–H and O–H groups in total. The van der Waals surface area contributed by atoms with Gasteiger partial charge in [0.25, 0.3) is 0 Å². The molecule has 1 aromatic rings. The van der Waals surface area contributed by atoms with Crippen LogP contribution < -0.4 is 0 Å². The Morgan fingerprint density at radius 1 is 1.15 bits per heavy atom. The van der Waals surface area contributed by atoms with E-state index < -0.39 is 0 Å². The van der Waals surface area contributed by atoms with Crippen molar-refractivity contribution >= 4 is 33.8 Å². The van der Waals surface area contributed by atoms with Crippen LogP contribution in [0.2, 0.25) is 0 Å². The summed E-state index contributed by atoms with van der Waals surface area (Å²) in [5.74, 6) is 0.266. The van der Waals surface area contributed by atoms with Crippen LogP contribution in [0.5, 0.6) is 0 Å². The van der Waals surface area contributed by atoms with Gasteiger partial charge < -0.3 is 9.80 Å². The average Bonchev–Trinajstić information content (AvgIpc) is 2.67. The lowest BCUT2D eigenvalue weighted by molar-refractivity contribution is -0.136. The lowest BCUT2D eigenvalue weighted by atomic mass is 10.0. The molecule has 0 aliphatic carbocycles. The third-order valence-corrected chi connectivity index (χ3v) is 5.93. The summed E-state index contributed by atoms with van der Waals surface area (Å²) < 4.78 is 0.999. The molecule has 2 saturated heterocycles. The number of carbonyl (C=O) groups is 2. The zero-order valence-electron chi connectivity index (χ0n) is 15.9. The Bertz CT molecular complexity index is 698. The summed E-state index contributed by atoms with van der Waals surface area (Å²) in [5.41, 5.74) is 0.998. The van der Waals surface area contributed by atoms with Crippen LogP contribution in [0, 0.1) is 0 Å². The monoisotopic (exact) mass is 433 g/mol. The van der Waals surface area contributed by atoms with Gasteiger partial charge >= 0.3 is 0 Å². The number of rotatable bonds is 4. The maximum atomic E-state index is 12.6. The molecule has 0 saturated carbocycles. The fourth-order valence-electron chi connectivity index (χ4n) is 3.76. The zero-order chi connectivity index (χ0) is 19.2. The van der Waals surface area contributed by atoms with Crippen molar-refractivity contribution in [1.29, 1.82) is 0 Å². The molecule has 6 heteroatoms. The van der Waals surface area contributed by atoms with E-state index in [2.05, 4.69) is 27.8 Å². The standard InChI is InChI=1S/C21H28BrN3O2/c1-17-5-2-3-10-25(17)21(27)16-23-11-13-24(14-12-23)20(26)9-8-18-6-4-7-19(22)15-18/h4,6-9,15,17H,2-3,5,10-14,16H2,1H3/b9-8-/t17-/m1/s1. The van der Waals surface area contributed by atoms with Gasteiger partial charge in [-0.3, -0.25) is 14.5 Å². The smallest absolute Gasteiger partial charge is 0.246 e. The van der Waals surface area contributed by atoms with Gasteiger partial charge in [0.1, 0.15) is 0 Å². The van der Waals surface area contributed by atoms with E-state index >= 15 is 0 Å². The van der Waals surface area contributed by atoms with Gasteiger partial charge in [0.05, 0.1) is 6.54 Å². The molecule has 0 aromatic heterocycles. The van der Waals surface area contributed by atoms with E-state index in [1.54, 1.807) is 6.08 Å². The SMILES string of the molecule is C[C@@H]1CCCCN1C(=O)CN1CCN(C(=O)/C=C\c2cccc(Br)c2)CC1. The van der Waals surface area contributed by atoms with Crippen LogP contribution in [0.3, 0.4) is 0 Å². The minimum absolute atomic E-state index is 0.0330. The largest absolute Gasteiger partial charge is 0.339 e. The molecule has 0 unspecified atom stereocenters. The highest BCUT2D eigenvalue weighted by atomic mass is 79.9. The van der Waals surface area contributed by atoms with Gasteiger partial charge in [-0.2, -0.15) is 0 Å². The van der Waals surface area contributed by atoms with Crippen molar-refractivity contribution in [2.24, 2.45) is 0 Å². The maximum absolute atomic E-state index is 12.6. The van der Waals surface area contributed by atoms with Crippen molar-refractivity contribution in [2.45, 2.75) is 32.2 Å². The van der Waals surface area contributed by atoms with E-state index in [0.29, 0.717) is 25.7 Å². The Labute approximate surface area is 170 Å². The number of halogens is 1. The van der Waals surface area contributed by atoms with Crippen LogP contribution in [-0.4, -0.2) is 71.8 Å². The summed E-state index contributed by atoms with van der Waals surface area (Å²) in [7, 11) is 0.